The van der Waals surface area contributed by atoms with Gasteiger partial charge in [0.15, 0.2) is 0 Å². The van der Waals surface area contributed by atoms with E-state index in [0.717, 1.165) is 4.57 Å². The van der Waals surface area contributed by atoms with Crippen LogP contribution in [0.15, 0.2) is 29.3 Å². The number of hydrogen-bond acceptors (Lipinski definition) is 6. The summed E-state index contributed by atoms with van der Waals surface area (Å²) in [5.41, 5.74) is -0.423. The number of aromatic carboxylic acids is 1. The fourth-order valence-electron chi connectivity index (χ4n) is 2.07. The fraction of sp³-hybridized carbons (Fsp3) is 0.154. The Morgan fingerprint density at radius 1 is 1.17 bits per heavy atom. The van der Waals surface area contributed by atoms with E-state index in [4.69, 9.17) is 0 Å². The third-order valence-corrected chi connectivity index (χ3v) is 3.32. The Balaban J connectivity index is 0.00000192. The average molecular weight is 323 g/mol. The van der Waals surface area contributed by atoms with Crippen LogP contribution in [0.1, 0.15) is 10.4 Å². The summed E-state index contributed by atoms with van der Waals surface area (Å²) in [5.74, 6) is -1.50. The van der Waals surface area contributed by atoms with E-state index in [0.29, 0.717) is 0 Å². The third-order valence-electron chi connectivity index (χ3n) is 3.32. The zero-order valence-electron chi connectivity index (χ0n) is 12.7. The SMILES string of the molecule is Cn1c2nc(-[n+]3ccc(C(=O)[O-])cc3)nc-2c([O-])n(C)c1=O.[Na+]. The van der Waals surface area contributed by atoms with Crippen molar-refractivity contribution in [2.45, 2.75) is 0 Å². The molecule has 9 nitrogen and oxygen atoms in total. The van der Waals surface area contributed by atoms with Crippen LogP contribution >= 0.6 is 0 Å². The molecular weight excluding hydrogens is 313 g/mol. The summed E-state index contributed by atoms with van der Waals surface area (Å²) in [6.45, 7) is 0. The Kier molecular flexibility index (Phi) is 4.55. The fourth-order valence-corrected chi connectivity index (χ4v) is 2.07. The van der Waals surface area contributed by atoms with Crippen molar-refractivity contribution in [3.05, 3.63) is 40.6 Å². The summed E-state index contributed by atoms with van der Waals surface area (Å²) in [6, 6.07) is 2.65. The van der Waals surface area contributed by atoms with Crippen molar-refractivity contribution in [1.29, 1.82) is 0 Å². The van der Waals surface area contributed by atoms with Gasteiger partial charge in [-0.15, -0.1) is 0 Å². The first-order valence-corrected chi connectivity index (χ1v) is 6.23. The number of carbonyl (C=O) groups excluding carboxylic acids is 1. The number of aromatic nitrogens is 5. The number of carboxylic acid groups (broad SMARTS) is 1. The van der Waals surface area contributed by atoms with Crippen LogP contribution in [0.4, 0.5) is 0 Å². The number of carbonyl (C=O) groups is 1. The van der Waals surface area contributed by atoms with E-state index in [1.54, 1.807) is 0 Å². The minimum absolute atomic E-state index is 0. The zero-order chi connectivity index (χ0) is 16.0. The monoisotopic (exact) mass is 323 g/mol. The molecule has 3 rings (SSSR count). The van der Waals surface area contributed by atoms with E-state index in [9.17, 15) is 19.8 Å². The maximum absolute atomic E-state index is 12.0. The van der Waals surface area contributed by atoms with Crippen LogP contribution in [0.3, 0.4) is 0 Å². The molecule has 23 heavy (non-hydrogen) atoms. The molecule has 2 aliphatic heterocycles. The van der Waals surface area contributed by atoms with Crippen LogP contribution in [0.5, 0.6) is 5.88 Å². The van der Waals surface area contributed by atoms with Crippen LogP contribution in [-0.4, -0.2) is 25.1 Å². The Labute approximate surface area is 152 Å². The van der Waals surface area contributed by atoms with Gasteiger partial charge >= 0.3 is 41.2 Å². The van der Waals surface area contributed by atoms with E-state index in [2.05, 4.69) is 9.97 Å². The van der Waals surface area contributed by atoms with E-state index in [1.165, 1.54) is 47.8 Å². The second-order valence-corrected chi connectivity index (χ2v) is 4.68. The van der Waals surface area contributed by atoms with Crippen LogP contribution in [0.25, 0.3) is 17.5 Å². The van der Waals surface area contributed by atoms with E-state index < -0.39 is 17.5 Å². The molecule has 10 heteroatoms. The Hall–Kier alpha value is -2.23. The minimum atomic E-state index is -1.29. The number of hydrogen-bond donors (Lipinski definition) is 0. The van der Waals surface area contributed by atoms with Crippen molar-refractivity contribution in [3.8, 4) is 23.3 Å². The molecule has 2 aliphatic rings. The predicted molar refractivity (Wildman–Crippen MR) is 68.2 cm³/mol. The smallest absolute Gasteiger partial charge is 0.857 e. The molecule has 0 N–H and O–H groups in total. The largest absolute Gasteiger partial charge is 1.00 e. The van der Waals surface area contributed by atoms with Crippen molar-refractivity contribution >= 4 is 5.97 Å². The first-order chi connectivity index (χ1) is 10.4. The molecular formula is C13H10N5NaO4. The van der Waals surface area contributed by atoms with Crippen molar-refractivity contribution in [2.75, 3.05) is 0 Å². The van der Waals surface area contributed by atoms with E-state index in [1.807, 2.05) is 0 Å². The van der Waals surface area contributed by atoms with Gasteiger partial charge in [-0.1, -0.05) is 4.98 Å². The molecule has 0 saturated heterocycles. The Bertz CT molecular complexity index is 915. The van der Waals surface area contributed by atoms with Crippen LogP contribution in [0.2, 0.25) is 0 Å². The molecule has 1 aromatic rings. The first-order valence-electron chi connectivity index (χ1n) is 6.23. The van der Waals surface area contributed by atoms with Crippen molar-refractivity contribution in [1.82, 2.24) is 19.1 Å². The summed E-state index contributed by atoms with van der Waals surface area (Å²) in [4.78, 5) is 30.8. The summed E-state index contributed by atoms with van der Waals surface area (Å²) >= 11 is 0. The molecule has 3 heterocycles. The van der Waals surface area contributed by atoms with E-state index >= 15 is 0 Å². The van der Waals surface area contributed by atoms with Gasteiger partial charge in [-0.25, -0.2) is 9.36 Å². The predicted octanol–water partition coefficient (Wildman–Crippen LogP) is -5.66. The zero-order valence-corrected chi connectivity index (χ0v) is 14.7. The Morgan fingerprint density at radius 2 is 1.78 bits per heavy atom. The average Bonchev–Trinajstić information content (AvgIpc) is 2.96. The normalized spacial score (nSPS) is 10.5. The maximum Gasteiger partial charge on any atom is 1.00 e. The molecule has 0 spiro atoms. The molecule has 0 bridgehead atoms. The van der Waals surface area contributed by atoms with Gasteiger partial charge < -0.3 is 19.6 Å². The van der Waals surface area contributed by atoms with Gasteiger partial charge in [0, 0.05) is 25.5 Å². The number of imidazole rings is 1. The number of nitrogens with zero attached hydrogens (tertiary/aromatic N) is 5. The standard InChI is InChI=1S/C13H11N5O4.Na/c1-16-9-8(10(19)17(2)13(16)22)14-12(15-9)18-5-3-7(4-6-18)11(20)21;/h3-6H,1-2H3,(H-,14,15,19,20,21);/q;+1/p-1. The Morgan fingerprint density at radius 3 is 2.35 bits per heavy atom. The summed E-state index contributed by atoms with van der Waals surface area (Å²) in [5, 5.41) is 22.8. The second kappa shape index (κ2) is 6.11. The quantitative estimate of drug-likeness (QED) is 0.342. The van der Waals surface area contributed by atoms with Crippen molar-refractivity contribution < 1.29 is 49.1 Å². The van der Waals surface area contributed by atoms with Gasteiger partial charge in [0.1, 0.15) is 0 Å². The number of rotatable bonds is 2. The number of carboxylic acids is 1. The molecule has 1 aromatic heterocycles. The molecule has 112 valence electrons. The van der Waals surface area contributed by atoms with E-state index in [-0.39, 0.29) is 52.6 Å². The summed E-state index contributed by atoms with van der Waals surface area (Å²) in [6.07, 6.45) is 2.86. The van der Waals surface area contributed by atoms with Crippen molar-refractivity contribution in [2.24, 2.45) is 14.1 Å². The molecule has 0 radical (unpaired) electrons. The summed E-state index contributed by atoms with van der Waals surface area (Å²) < 4.78 is 3.62. The van der Waals surface area contributed by atoms with Crippen LogP contribution < -0.4 is 50.0 Å². The van der Waals surface area contributed by atoms with Gasteiger partial charge in [-0.2, -0.15) is 0 Å². The van der Waals surface area contributed by atoms with Gasteiger partial charge in [0.2, 0.25) is 5.69 Å². The van der Waals surface area contributed by atoms with Crippen LogP contribution in [0, 0.1) is 0 Å². The molecule has 0 atom stereocenters. The molecule has 0 amide bonds. The number of pyridine rings is 1. The molecule has 0 aliphatic carbocycles. The molecule has 0 fully saturated rings. The van der Waals surface area contributed by atoms with Gasteiger partial charge in [0.05, 0.1) is 18.4 Å². The van der Waals surface area contributed by atoms with Gasteiger partial charge in [0.25, 0.3) is 5.82 Å². The number of fused-ring (bicyclic) bond motifs is 1. The first kappa shape index (κ1) is 17.1. The van der Waals surface area contributed by atoms with Gasteiger partial charge in [-0.05, 0) is 17.1 Å². The van der Waals surface area contributed by atoms with Gasteiger partial charge in [-0.3, -0.25) is 4.57 Å². The molecule has 0 aromatic carbocycles. The molecule has 0 saturated carbocycles. The minimum Gasteiger partial charge on any atom is -0.857 e. The topological polar surface area (TPSA) is 120 Å². The third kappa shape index (κ3) is 2.74. The maximum atomic E-state index is 12.0. The van der Waals surface area contributed by atoms with Crippen LogP contribution in [-0.2, 0) is 14.1 Å². The summed E-state index contributed by atoms with van der Waals surface area (Å²) in [7, 11) is 2.85. The van der Waals surface area contributed by atoms with Crippen molar-refractivity contribution in [3.63, 3.8) is 0 Å². The second-order valence-electron chi connectivity index (χ2n) is 4.68. The molecule has 0 unspecified atom stereocenters.